The van der Waals surface area contributed by atoms with E-state index in [0.717, 1.165) is 25.2 Å². The molecule has 1 fully saturated rings. The lowest BCUT2D eigenvalue weighted by Crippen LogP contribution is -2.42. The number of nitrogens with zero attached hydrogens (tertiary/aromatic N) is 3. The van der Waals surface area contributed by atoms with Gasteiger partial charge in [-0.2, -0.15) is 5.10 Å². The van der Waals surface area contributed by atoms with Gasteiger partial charge in [-0.25, -0.2) is 0 Å². The van der Waals surface area contributed by atoms with Crippen LogP contribution in [0.2, 0.25) is 0 Å². The van der Waals surface area contributed by atoms with E-state index in [9.17, 15) is 4.79 Å². The van der Waals surface area contributed by atoms with Gasteiger partial charge in [0.05, 0.1) is 18.4 Å². The third-order valence-electron chi connectivity index (χ3n) is 3.92. The Kier molecular flexibility index (Phi) is 5.14. The third-order valence-corrected chi connectivity index (χ3v) is 3.92. The maximum Gasteiger partial charge on any atom is 0.257 e. The van der Waals surface area contributed by atoms with Crippen molar-refractivity contribution in [2.75, 3.05) is 33.4 Å². The Morgan fingerprint density at radius 1 is 1.65 bits per heavy atom. The molecule has 6 nitrogen and oxygen atoms in total. The lowest BCUT2D eigenvalue weighted by Gasteiger charge is -2.25. The zero-order valence-electron chi connectivity index (χ0n) is 12.6. The molecule has 0 aliphatic carbocycles. The number of aromatic nitrogens is 2. The topological polar surface area (TPSA) is 59.4 Å². The van der Waals surface area contributed by atoms with Gasteiger partial charge in [-0.3, -0.25) is 9.48 Å². The average molecular weight is 280 g/mol. The maximum absolute atomic E-state index is 12.7. The molecule has 0 saturated carbocycles. The molecule has 1 amide bonds. The zero-order valence-corrected chi connectivity index (χ0v) is 12.6. The van der Waals surface area contributed by atoms with Crippen molar-refractivity contribution in [2.45, 2.75) is 25.8 Å². The summed E-state index contributed by atoms with van der Waals surface area (Å²) in [5, 5.41) is 7.59. The fourth-order valence-corrected chi connectivity index (χ4v) is 2.53. The number of amides is 1. The van der Waals surface area contributed by atoms with Gasteiger partial charge in [-0.1, -0.05) is 0 Å². The largest absolute Gasteiger partial charge is 0.383 e. The summed E-state index contributed by atoms with van der Waals surface area (Å²) in [4.78, 5) is 14.5. The van der Waals surface area contributed by atoms with Crippen molar-refractivity contribution in [3.8, 4) is 0 Å². The number of carbonyl (C=O) groups excluding carboxylic acids is 1. The Balaban J connectivity index is 2.08. The second-order valence-corrected chi connectivity index (χ2v) is 5.30. The number of methoxy groups -OCH3 is 1. The normalized spacial score (nSPS) is 18.4. The van der Waals surface area contributed by atoms with Gasteiger partial charge < -0.3 is 15.0 Å². The Morgan fingerprint density at radius 2 is 2.45 bits per heavy atom. The van der Waals surface area contributed by atoms with Gasteiger partial charge in [0.1, 0.15) is 0 Å². The van der Waals surface area contributed by atoms with E-state index in [0.29, 0.717) is 24.8 Å². The minimum atomic E-state index is 0.0429. The van der Waals surface area contributed by atoms with Crippen LogP contribution in [0.3, 0.4) is 0 Å². The highest BCUT2D eigenvalue weighted by molar-refractivity contribution is 5.95. The number of carbonyl (C=O) groups is 1. The summed E-state index contributed by atoms with van der Waals surface area (Å²) >= 11 is 0. The van der Waals surface area contributed by atoms with Crippen molar-refractivity contribution in [1.82, 2.24) is 20.0 Å². The first kappa shape index (κ1) is 15.0. The van der Waals surface area contributed by atoms with E-state index in [1.54, 1.807) is 18.0 Å². The van der Waals surface area contributed by atoms with Crippen LogP contribution in [0.4, 0.5) is 0 Å². The molecule has 1 saturated heterocycles. The van der Waals surface area contributed by atoms with Gasteiger partial charge in [0.25, 0.3) is 5.91 Å². The smallest absolute Gasteiger partial charge is 0.257 e. The molecule has 6 heteroatoms. The van der Waals surface area contributed by atoms with Crippen molar-refractivity contribution in [3.05, 3.63) is 17.5 Å². The average Bonchev–Trinajstić information content (AvgIpc) is 3.06. The van der Waals surface area contributed by atoms with Crippen LogP contribution >= 0.6 is 0 Å². The van der Waals surface area contributed by atoms with E-state index in [-0.39, 0.29) is 5.91 Å². The number of hydrogen-bond donors (Lipinski definition) is 1. The van der Waals surface area contributed by atoms with Crippen LogP contribution in [0.1, 0.15) is 28.9 Å². The summed E-state index contributed by atoms with van der Waals surface area (Å²) in [5.74, 6) is 0.0429. The third kappa shape index (κ3) is 3.37. The molecule has 20 heavy (non-hydrogen) atoms. The second kappa shape index (κ2) is 6.85. The van der Waals surface area contributed by atoms with E-state index < -0.39 is 0 Å². The van der Waals surface area contributed by atoms with Crippen molar-refractivity contribution in [2.24, 2.45) is 7.05 Å². The van der Waals surface area contributed by atoms with Crippen LogP contribution in [0.5, 0.6) is 0 Å². The number of hydrogen-bond acceptors (Lipinski definition) is 4. The zero-order chi connectivity index (χ0) is 14.5. The lowest BCUT2D eigenvalue weighted by atomic mass is 10.2. The fourth-order valence-electron chi connectivity index (χ4n) is 2.53. The molecular weight excluding hydrogens is 256 g/mol. The molecule has 0 bridgehead atoms. The molecule has 1 aliphatic rings. The van der Waals surface area contributed by atoms with Gasteiger partial charge in [0.15, 0.2) is 0 Å². The van der Waals surface area contributed by atoms with Gasteiger partial charge >= 0.3 is 0 Å². The molecule has 1 aromatic rings. The Bertz CT molecular complexity index is 452. The van der Waals surface area contributed by atoms with Gasteiger partial charge in [0, 0.05) is 39.0 Å². The minimum absolute atomic E-state index is 0.0429. The standard InChI is InChI=1S/C14H24N4O2/c1-11-13(9-16-17(11)2)14(19)18(7-8-20-3)10-12-5-4-6-15-12/h9,12,15H,4-8,10H2,1-3H3. The molecule has 0 aromatic carbocycles. The molecule has 2 heterocycles. The molecule has 2 rings (SSSR count). The van der Waals surface area contributed by atoms with Crippen molar-refractivity contribution in [1.29, 1.82) is 0 Å². The highest BCUT2D eigenvalue weighted by Crippen LogP contribution is 2.13. The highest BCUT2D eigenvalue weighted by Gasteiger charge is 2.24. The predicted molar refractivity (Wildman–Crippen MR) is 76.7 cm³/mol. The van der Waals surface area contributed by atoms with Crippen LogP contribution in [0.15, 0.2) is 6.20 Å². The van der Waals surface area contributed by atoms with Gasteiger partial charge in [-0.15, -0.1) is 0 Å². The van der Waals surface area contributed by atoms with Crippen molar-refractivity contribution < 1.29 is 9.53 Å². The SMILES string of the molecule is COCCN(CC1CCCN1)C(=O)c1cnn(C)c1C. The van der Waals surface area contributed by atoms with Crippen LogP contribution in [0.25, 0.3) is 0 Å². The fraction of sp³-hybridized carbons (Fsp3) is 0.714. The first-order chi connectivity index (χ1) is 9.63. The molecule has 0 radical (unpaired) electrons. The Labute approximate surface area is 120 Å². The number of rotatable bonds is 6. The second-order valence-electron chi connectivity index (χ2n) is 5.30. The monoisotopic (exact) mass is 280 g/mol. The molecule has 1 aliphatic heterocycles. The quantitative estimate of drug-likeness (QED) is 0.827. The van der Waals surface area contributed by atoms with Crippen LogP contribution in [0, 0.1) is 6.92 Å². The summed E-state index contributed by atoms with van der Waals surface area (Å²) in [6, 6.07) is 0.396. The van der Waals surface area contributed by atoms with Gasteiger partial charge in [0.2, 0.25) is 0 Å². The van der Waals surface area contributed by atoms with Gasteiger partial charge in [-0.05, 0) is 26.3 Å². The molecule has 0 spiro atoms. The van der Waals surface area contributed by atoms with Crippen molar-refractivity contribution >= 4 is 5.91 Å². The number of aryl methyl sites for hydroxylation is 1. The first-order valence-electron chi connectivity index (χ1n) is 7.13. The van der Waals surface area contributed by atoms with E-state index in [1.165, 1.54) is 6.42 Å². The maximum atomic E-state index is 12.7. The lowest BCUT2D eigenvalue weighted by molar-refractivity contribution is 0.0678. The number of ether oxygens (including phenoxy) is 1. The van der Waals surface area contributed by atoms with E-state index in [1.807, 2.05) is 18.9 Å². The van der Waals surface area contributed by atoms with Crippen LogP contribution < -0.4 is 5.32 Å². The summed E-state index contributed by atoms with van der Waals surface area (Å²) < 4.78 is 6.85. The van der Waals surface area contributed by atoms with Crippen LogP contribution in [-0.2, 0) is 11.8 Å². The summed E-state index contributed by atoms with van der Waals surface area (Å²) in [5.41, 5.74) is 1.58. The molecule has 1 aromatic heterocycles. The summed E-state index contributed by atoms with van der Waals surface area (Å²) in [6.07, 6.45) is 3.96. The van der Waals surface area contributed by atoms with E-state index in [2.05, 4.69) is 10.4 Å². The van der Waals surface area contributed by atoms with E-state index in [4.69, 9.17) is 4.74 Å². The molecule has 1 unspecified atom stereocenters. The van der Waals surface area contributed by atoms with E-state index >= 15 is 0 Å². The first-order valence-corrected chi connectivity index (χ1v) is 7.13. The van der Waals surface area contributed by atoms with Crippen molar-refractivity contribution in [3.63, 3.8) is 0 Å². The predicted octanol–water partition coefficient (Wildman–Crippen LogP) is 0.569. The minimum Gasteiger partial charge on any atom is -0.383 e. The number of nitrogens with one attached hydrogen (secondary N) is 1. The molecule has 1 atom stereocenters. The molecule has 1 N–H and O–H groups in total. The molecular formula is C14H24N4O2. The molecule has 112 valence electrons. The Hall–Kier alpha value is -1.40. The summed E-state index contributed by atoms with van der Waals surface area (Å²) in [7, 11) is 3.51. The Morgan fingerprint density at radius 3 is 3.00 bits per heavy atom. The highest BCUT2D eigenvalue weighted by atomic mass is 16.5. The summed E-state index contributed by atoms with van der Waals surface area (Å²) in [6.45, 7) is 4.86. The van der Waals surface area contributed by atoms with Crippen LogP contribution in [-0.4, -0.2) is 60.0 Å².